The molecule has 0 bridgehead atoms. The average molecular weight is 576 g/mol. The summed E-state index contributed by atoms with van der Waals surface area (Å²) in [6.45, 7) is 2.34. The molecule has 1 atom stereocenters. The summed E-state index contributed by atoms with van der Waals surface area (Å²) in [7, 11) is -2.38. The van der Waals surface area contributed by atoms with Crippen LogP contribution in [0.25, 0.3) is 10.9 Å². The lowest BCUT2D eigenvalue weighted by Crippen LogP contribution is -2.51. The normalized spacial score (nSPS) is 15.9. The largest absolute Gasteiger partial charge is 0.496 e. The lowest BCUT2D eigenvalue weighted by atomic mass is 10.1. The van der Waals surface area contributed by atoms with Crippen LogP contribution in [0.4, 0.5) is 5.82 Å². The number of methoxy groups -OCH3 is 1. The fourth-order valence-corrected chi connectivity index (χ4v) is 6.73. The van der Waals surface area contributed by atoms with Gasteiger partial charge in [-0.25, -0.2) is 8.42 Å². The van der Waals surface area contributed by atoms with Gasteiger partial charge in [-0.15, -0.1) is 11.3 Å². The fourth-order valence-electron chi connectivity index (χ4n) is 4.24. The quantitative estimate of drug-likeness (QED) is 0.280. The molecule has 4 aromatic rings. The summed E-state index contributed by atoms with van der Waals surface area (Å²) in [4.78, 5) is 12.4. The number of sulfonamides is 1. The molecule has 0 aliphatic carbocycles. The van der Waals surface area contributed by atoms with Crippen molar-refractivity contribution >= 4 is 55.6 Å². The first-order chi connectivity index (χ1) is 18.3. The molecule has 0 saturated carbocycles. The van der Waals surface area contributed by atoms with E-state index in [4.69, 9.17) is 21.1 Å². The molecule has 1 fully saturated rings. The van der Waals surface area contributed by atoms with Crippen molar-refractivity contribution in [1.82, 2.24) is 20.4 Å². The highest BCUT2D eigenvalue weighted by Crippen LogP contribution is 2.35. The number of morpholine rings is 1. The number of thiophene rings is 1. The highest BCUT2D eigenvalue weighted by molar-refractivity contribution is 7.94. The third-order valence-corrected chi connectivity index (χ3v) is 9.09. The number of amides is 1. The van der Waals surface area contributed by atoms with E-state index in [1.54, 1.807) is 10.7 Å². The number of fused-ring (bicyclic) bond motifs is 1. The number of carbonyl (C=O) groups is 1. The Kier molecular flexibility index (Phi) is 7.86. The number of halogens is 1. The molecule has 1 aliphatic heterocycles. The summed E-state index contributed by atoms with van der Waals surface area (Å²) in [5, 5.41) is 11.2. The number of aromatic nitrogens is 2. The number of benzene rings is 2. The second-order valence-electron chi connectivity index (χ2n) is 8.64. The summed E-state index contributed by atoms with van der Waals surface area (Å²) in [6.07, 6.45) is 0. The van der Waals surface area contributed by atoms with E-state index >= 15 is 0 Å². The van der Waals surface area contributed by atoms with E-state index in [9.17, 15) is 13.2 Å². The molecule has 2 aromatic heterocycles. The van der Waals surface area contributed by atoms with Gasteiger partial charge in [0, 0.05) is 13.1 Å². The minimum Gasteiger partial charge on any atom is -0.496 e. The summed E-state index contributed by atoms with van der Waals surface area (Å²) in [5.74, 6) is 0.546. The van der Waals surface area contributed by atoms with Gasteiger partial charge in [-0.3, -0.25) is 14.2 Å². The maximum Gasteiger partial charge on any atom is 0.272 e. The third kappa shape index (κ3) is 5.79. The molecule has 1 unspecified atom stereocenters. The van der Waals surface area contributed by atoms with Gasteiger partial charge in [-0.05, 0) is 35.4 Å². The first-order valence-electron chi connectivity index (χ1n) is 11.8. The monoisotopic (exact) mass is 575 g/mol. The molecular formula is C25H26ClN5O5S2. The van der Waals surface area contributed by atoms with Crippen LogP contribution in [-0.2, 0) is 32.6 Å². The van der Waals surface area contributed by atoms with E-state index in [1.165, 1.54) is 19.2 Å². The molecule has 10 nitrogen and oxygen atoms in total. The molecule has 3 N–H and O–H groups in total. The first-order valence-corrected chi connectivity index (χ1v) is 14.5. The van der Waals surface area contributed by atoms with Crippen LogP contribution in [0.15, 0.2) is 58.8 Å². The Morgan fingerprint density at radius 2 is 2.05 bits per heavy atom. The number of carbonyl (C=O) groups excluding carboxylic acids is 1. The molecule has 13 heteroatoms. The van der Waals surface area contributed by atoms with Gasteiger partial charge < -0.3 is 20.1 Å². The highest BCUT2D eigenvalue weighted by atomic mass is 35.5. The lowest BCUT2D eigenvalue weighted by molar-refractivity contribution is -0.126. The van der Waals surface area contributed by atoms with Crippen molar-refractivity contribution in [3.05, 3.63) is 70.1 Å². The van der Waals surface area contributed by atoms with Crippen LogP contribution in [0.1, 0.15) is 11.1 Å². The predicted octanol–water partition coefficient (Wildman–Crippen LogP) is 3.21. The average Bonchev–Trinajstić information content (AvgIpc) is 3.52. The number of nitrogens with one attached hydrogen (secondary N) is 3. The Labute approximate surface area is 228 Å². The third-order valence-electron chi connectivity index (χ3n) is 6.03. The van der Waals surface area contributed by atoms with Crippen LogP contribution in [0, 0.1) is 0 Å². The van der Waals surface area contributed by atoms with Gasteiger partial charge in [-0.1, -0.05) is 41.9 Å². The molecule has 200 valence electrons. The zero-order valence-corrected chi connectivity index (χ0v) is 22.8. The van der Waals surface area contributed by atoms with E-state index in [1.807, 2.05) is 36.4 Å². The zero-order chi connectivity index (χ0) is 26.7. The number of nitrogens with zero attached hydrogens (tertiary/aromatic N) is 2. The van der Waals surface area contributed by atoms with E-state index in [2.05, 4.69) is 20.5 Å². The van der Waals surface area contributed by atoms with E-state index in [0.717, 1.165) is 22.5 Å². The highest BCUT2D eigenvalue weighted by Gasteiger charge is 2.23. The molecule has 1 saturated heterocycles. The van der Waals surface area contributed by atoms with Crippen molar-refractivity contribution < 1.29 is 22.7 Å². The Balaban J connectivity index is 1.39. The number of anilines is 1. The zero-order valence-electron chi connectivity index (χ0n) is 20.4. The van der Waals surface area contributed by atoms with E-state index in [-0.39, 0.29) is 22.0 Å². The molecule has 1 aliphatic rings. The van der Waals surface area contributed by atoms with Crippen molar-refractivity contribution in [3.8, 4) is 5.75 Å². The molecule has 0 spiro atoms. The number of hydrogen-bond donors (Lipinski definition) is 3. The molecule has 3 heterocycles. The fraction of sp³-hybridized carbons (Fsp3) is 0.280. The molecule has 2 aromatic carbocycles. The lowest BCUT2D eigenvalue weighted by Gasteiger charge is -2.22. The Hall–Kier alpha value is -3.16. The summed E-state index contributed by atoms with van der Waals surface area (Å²) in [5.41, 5.74) is 2.56. The van der Waals surface area contributed by atoms with Crippen molar-refractivity contribution in [2.45, 2.75) is 23.3 Å². The SMILES string of the molecule is COc1cccc2c1c(NS(=O)(=O)c1ccc(Cl)s1)nn2Cc1cccc(CNC(=O)C2COCCN2)c1. The number of ether oxygens (including phenoxy) is 2. The summed E-state index contributed by atoms with van der Waals surface area (Å²) >= 11 is 6.92. The molecule has 0 radical (unpaired) electrons. The summed E-state index contributed by atoms with van der Waals surface area (Å²) in [6, 6.07) is 15.8. The Bertz CT molecular complexity index is 1560. The molecule has 1 amide bonds. The minimum absolute atomic E-state index is 0.0878. The van der Waals surface area contributed by atoms with Gasteiger partial charge in [0.25, 0.3) is 10.0 Å². The van der Waals surface area contributed by atoms with Gasteiger partial charge in [0.05, 0.1) is 42.1 Å². The second-order valence-corrected chi connectivity index (χ2v) is 12.3. The predicted molar refractivity (Wildman–Crippen MR) is 146 cm³/mol. The van der Waals surface area contributed by atoms with Crippen molar-refractivity contribution in [1.29, 1.82) is 0 Å². The topological polar surface area (TPSA) is 124 Å². The molecular weight excluding hydrogens is 550 g/mol. The standard InChI is InChI=1S/C25H26ClN5O5S2/c1-35-20-7-3-6-19-23(20)24(30-38(33,34)22-9-8-21(26)37-22)29-31(19)14-17-5-2-4-16(12-17)13-28-25(32)18-15-36-11-10-27-18/h2-9,12,18,27H,10-11,13-15H2,1H3,(H,28,32)(H,29,30). The van der Waals surface area contributed by atoms with E-state index < -0.39 is 10.0 Å². The number of hydrogen-bond acceptors (Lipinski definition) is 8. The molecule has 38 heavy (non-hydrogen) atoms. The van der Waals surface area contributed by atoms with Gasteiger partial charge in [0.15, 0.2) is 5.82 Å². The maximum atomic E-state index is 13.0. The number of rotatable bonds is 9. The van der Waals surface area contributed by atoms with Crippen molar-refractivity contribution in [3.63, 3.8) is 0 Å². The Morgan fingerprint density at radius 3 is 2.79 bits per heavy atom. The van der Waals surface area contributed by atoms with Gasteiger partial charge in [0.1, 0.15) is 16.0 Å². The summed E-state index contributed by atoms with van der Waals surface area (Å²) < 4.78 is 41.7. The smallest absolute Gasteiger partial charge is 0.272 e. The van der Waals surface area contributed by atoms with Crippen LogP contribution in [0.3, 0.4) is 0 Å². The van der Waals surface area contributed by atoms with Crippen molar-refractivity contribution in [2.24, 2.45) is 0 Å². The second kappa shape index (κ2) is 11.3. The van der Waals surface area contributed by atoms with Gasteiger partial charge >= 0.3 is 0 Å². The van der Waals surface area contributed by atoms with E-state index in [0.29, 0.717) is 53.8 Å². The minimum atomic E-state index is -3.90. The van der Waals surface area contributed by atoms with Crippen molar-refractivity contribution in [2.75, 3.05) is 31.6 Å². The van der Waals surface area contributed by atoms with Gasteiger partial charge in [0.2, 0.25) is 5.91 Å². The molecule has 5 rings (SSSR count). The first kappa shape index (κ1) is 26.4. The van der Waals surface area contributed by atoms with Crippen LogP contribution in [0.5, 0.6) is 5.75 Å². The Morgan fingerprint density at radius 1 is 1.24 bits per heavy atom. The van der Waals surface area contributed by atoms with Crippen LogP contribution >= 0.6 is 22.9 Å². The van der Waals surface area contributed by atoms with Gasteiger partial charge in [-0.2, -0.15) is 5.10 Å². The van der Waals surface area contributed by atoms with Crippen LogP contribution < -0.4 is 20.1 Å². The maximum absolute atomic E-state index is 13.0. The van der Waals surface area contributed by atoms with Crippen LogP contribution in [0.2, 0.25) is 4.34 Å². The van der Waals surface area contributed by atoms with Crippen LogP contribution in [-0.4, -0.2) is 57.0 Å².